The van der Waals surface area contributed by atoms with E-state index in [9.17, 15) is 4.39 Å². The van der Waals surface area contributed by atoms with Gasteiger partial charge in [0.2, 0.25) is 0 Å². The zero-order valence-electron chi connectivity index (χ0n) is 15.0. The third-order valence-corrected chi connectivity index (χ3v) is 5.05. The maximum absolute atomic E-state index is 13.3. The first-order valence-corrected chi connectivity index (χ1v) is 9.45. The molecule has 1 saturated heterocycles. The Hall–Kier alpha value is -2.24. The van der Waals surface area contributed by atoms with Gasteiger partial charge in [0.1, 0.15) is 11.6 Å². The fraction of sp³-hybridized carbons (Fsp3) is 0.381. The van der Waals surface area contributed by atoms with E-state index in [0.717, 1.165) is 42.1 Å². The van der Waals surface area contributed by atoms with Gasteiger partial charge in [-0.05, 0) is 49.7 Å². The monoisotopic (exact) mass is 352 g/mol. The van der Waals surface area contributed by atoms with Crippen LogP contribution in [0.15, 0.2) is 42.5 Å². The Bertz CT molecular complexity index is 850. The third kappa shape index (κ3) is 4.11. The standard InChI is InChI=1S/C21H25FN4/c22-18-8-9-19-20(14-18)25-21(24-19)17-6-4-16(5-7-17)15-23-10-13-26-11-2-1-3-12-26/h4-9,14,23H,1-3,10-13,15H2,(H,24,25). The number of fused-ring (bicyclic) bond motifs is 1. The maximum Gasteiger partial charge on any atom is 0.138 e. The molecule has 2 aromatic carbocycles. The van der Waals surface area contributed by atoms with Crippen molar-refractivity contribution in [1.82, 2.24) is 20.2 Å². The first-order valence-electron chi connectivity index (χ1n) is 9.45. The van der Waals surface area contributed by atoms with Gasteiger partial charge in [0.05, 0.1) is 11.0 Å². The van der Waals surface area contributed by atoms with Crippen LogP contribution in [0.5, 0.6) is 0 Å². The Morgan fingerprint density at radius 3 is 2.65 bits per heavy atom. The van der Waals surface area contributed by atoms with Crippen molar-refractivity contribution in [1.29, 1.82) is 0 Å². The molecule has 1 aromatic heterocycles. The van der Waals surface area contributed by atoms with Crippen LogP contribution in [-0.2, 0) is 6.54 Å². The third-order valence-electron chi connectivity index (χ3n) is 5.05. The average molecular weight is 352 g/mol. The molecule has 0 aliphatic carbocycles. The van der Waals surface area contributed by atoms with Gasteiger partial charge in [-0.1, -0.05) is 30.7 Å². The number of hydrogen-bond acceptors (Lipinski definition) is 3. The highest BCUT2D eigenvalue weighted by atomic mass is 19.1. The molecule has 0 bridgehead atoms. The highest BCUT2D eigenvalue weighted by Gasteiger charge is 2.09. The van der Waals surface area contributed by atoms with Crippen LogP contribution < -0.4 is 5.32 Å². The van der Waals surface area contributed by atoms with E-state index >= 15 is 0 Å². The average Bonchev–Trinajstić information content (AvgIpc) is 3.10. The van der Waals surface area contributed by atoms with Gasteiger partial charge in [-0.15, -0.1) is 0 Å². The molecule has 2 heterocycles. The molecule has 26 heavy (non-hydrogen) atoms. The number of H-pyrrole nitrogens is 1. The SMILES string of the molecule is Fc1ccc2nc(-c3ccc(CNCCN4CCCCC4)cc3)[nH]c2c1. The number of benzene rings is 2. The first-order chi connectivity index (χ1) is 12.8. The van der Waals surface area contributed by atoms with E-state index in [1.807, 2.05) is 0 Å². The molecule has 0 saturated carbocycles. The minimum absolute atomic E-state index is 0.251. The number of hydrogen-bond donors (Lipinski definition) is 2. The largest absolute Gasteiger partial charge is 0.338 e. The quantitative estimate of drug-likeness (QED) is 0.660. The lowest BCUT2D eigenvalue weighted by atomic mass is 10.1. The number of halogens is 1. The van der Waals surface area contributed by atoms with Crippen LogP contribution in [0, 0.1) is 5.82 Å². The zero-order valence-corrected chi connectivity index (χ0v) is 15.0. The Balaban J connectivity index is 1.32. The summed E-state index contributed by atoms with van der Waals surface area (Å²) in [5, 5.41) is 3.53. The van der Waals surface area contributed by atoms with Gasteiger partial charge >= 0.3 is 0 Å². The Morgan fingerprint density at radius 2 is 1.85 bits per heavy atom. The molecule has 0 unspecified atom stereocenters. The number of rotatable bonds is 6. The smallest absolute Gasteiger partial charge is 0.138 e. The van der Waals surface area contributed by atoms with Crippen LogP contribution in [0.25, 0.3) is 22.4 Å². The summed E-state index contributed by atoms with van der Waals surface area (Å²) in [6, 6.07) is 13.0. The zero-order chi connectivity index (χ0) is 17.8. The molecule has 0 spiro atoms. The fourth-order valence-electron chi connectivity index (χ4n) is 3.55. The number of piperidine rings is 1. The van der Waals surface area contributed by atoms with E-state index in [1.165, 1.54) is 50.0 Å². The van der Waals surface area contributed by atoms with Crippen LogP contribution in [0.1, 0.15) is 24.8 Å². The van der Waals surface area contributed by atoms with Crippen molar-refractivity contribution in [2.24, 2.45) is 0 Å². The van der Waals surface area contributed by atoms with E-state index in [-0.39, 0.29) is 5.82 Å². The van der Waals surface area contributed by atoms with Gasteiger partial charge in [0.15, 0.2) is 0 Å². The predicted octanol–water partition coefficient (Wildman–Crippen LogP) is 3.94. The molecule has 2 N–H and O–H groups in total. The summed E-state index contributed by atoms with van der Waals surface area (Å²) in [6.45, 7) is 5.53. The lowest BCUT2D eigenvalue weighted by molar-refractivity contribution is 0.229. The van der Waals surface area contributed by atoms with Gasteiger partial charge < -0.3 is 15.2 Å². The normalized spacial score (nSPS) is 15.6. The van der Waals surface area contributed by atoms with Crippen molar-refractivity contribution in [2.45, 2.75) is 25.8 Å². The molecular weight excluding hydrogens is 327 g/mol. The van der Waals surface area contributed by atoms with Crippen LogP contribution in [0.3, 0.4) is 0 Å². The second kappa shape index (κ2) is 7.98. The summed E-state index contributed by atoms with van der Waals surface area (Å²) in [5.41, 5.74) is 3.78. The molecule has 1 fully saturated rings. The molecule has 136 valence electrons. The number of likely N-dealkylation sites (tertiary alicyclic amines) is 1. The molecule has 5 heteroatoms. The Kier molecular flexibility index (Phi) is 5.27. The van der Waals surface area contributed by atoms with Crippen molar-refractivity contribution in [3.63, 3.8) is 0 Å². The lowest BCUT2D eigenvalue weighted by Crippen LogP contribution is -2.35. The van der Waals surface area contributed by atoms with E-state index in [0.29, 0.717) is 0 Å². The summed E-state index contributed by atoms with van der Waals surface area (Å²) in [6.07, 6.45) is 4.07. The van der Waals surface area contributed by atoms with E-state index in [2.05, 4.69) is 44.5 Å². The summed E-state index contributed by atoms with van der Waals surface area (Å²) in [5.74, 6) is 0.522. The highest BCUT2D eigenvalue weighted by molar-refractivity contribution is 5.79. The van der Waals surface area contributed by atoms with Crippen molar-refractivity contribution in [3.8, 4) is 11.4 Å². The van der Waals surface area contributed by atoms with Crippen molar-refractivity contribution >= 4 is 11.0 Å². The minimum Gasteiger partial charge on any atom is -0.338 e. The number of imidazole rings is 1. The molecule has 1 aliphatic heterocycles. The lowest BCUT2D eigenvalue weighted by Gasteiger charge is -2.26. The second-order valence-electron chi connectivity index (χ2n) is 7.02. The second-order valence-corrected chi connectivity index (χ2v) is 7.02. The Morgan fingerprint density at radius 1 is 1.04 bits per heavy atom. The molecule has 0 radical (unpaired) electrons. The van der Waals surface area contributed by atoms with Crippen molar-refractivity contribution < 1.29 is 4.39 Å². The van der Waals surface area contributed by atoms with Gasteiger partial charge in [-0.2, -0.15) is 0 Å². The summed E-state index contributed by atoms with van der Waals surface area (Å²) in [4.78, 5) is 10.3. The molecular formula is C21H25FN4. The molecule has 0 amide bonds. The van der Waals surface area contributed by atoms with Crippen LogP contribution >= 0.6 is 0 Å². The number of nitrogens with zero attached hydrogens (tertiary/aromatic N) is 2. The van der Waals surface area contributed by atoms with E-state index in [1.54, 1.807) is 6.07 Å². The number of nitrogens with one attached hydrogen (secondary N) is 2. The minimum atomic E-state index is -0.251. The highest BCUT2D eigenvalue weighted by Crippen LogP contribution is 2.21. The van der Waals surface area contributed by atoms with E-state index < -0.39 is 0 Å². The molecule has 4 rings (SSSR count). The van der Waals surface area contributed by atoms with Crippen LogP contribution in [0.4, 0.5) is 4.39 Å². The molecule has 4 nitrogen and oxygen atoms in total. The van der Waals surface area contributed by atoms with Gasteiger partial charge in [-0.25, -0.2) is 9.37 Å². The summed E-state index contributed by atoms with van der Waals surface area (Å²) < 4.78 is 13.3. The van der Waals surface area contributed by atoms with Crippen molar-refractivity contribution in [2.75, 3.05) is 26.2 Å². The van der Waals surface area contributed by atoms with E-state index in [4.69, 9.17) is 0 Å². The summed E-state index contributed by atoms with van der Waals surface area (Å²) >= 11 is 0. The van der Waals surface area contributed by atoms with Gasteiger partial charge in [-0.3, -0.25) is 0 Å². The fourth-order valence-corrected chi connectivity index (χ4v) is 3.55. The summed E-state index contributed by atoms with van der Waals surface area (Å²) in [7, 11) is 0. The van der Waals surface area contributed by atoms with Gasteiger partial charge in [0.25, 0.3) is 0 Å². The maximum atomic E-state index is 13.3. The van der Waals surface area contributed by atoms with Crippen LogP contribution in [0.2, 0.25) is 0 Å². The van der Waals surface area contributed by atoms with Crippen molar-refractivity contribution in [3.05, 3.63) is 53.8 Å². The topological polar surface area (TPSA) is 44.0 Å². The number of aromatic amines is 1. The first kappa shape index (κ1) is 17.2. The molecule has 3 aromatic rings. The molecule has 1 aliphatic rings. The predicted molar refractivity (Wildman–Crippen MR) is 103 cm³/mol. The number of aromatic nitrogens is 2. The Labute approximate surface area is 153 Å². The van der Waals surface area contributed by atoms with Gasteiger partial charge in [0, 0.05) is 25.2 Å². The molecule has 0 atom stereocenters. The van der Waals surface area contributed by atoms with Crippen LogP contribution in [-0.4, -0.2) is 41.0 Å².